The Labute approximate surface area is 89.4 Å². The molecule has 2 N–H and O–H groups in total. The van der Waals surface area contributed by atoms with Gasteiger partial charge in [0.1, 0.15) is 0 Å². The molecule has 0 aromatic carbocycles. The summed E-state index contributed by atoms with van der Waals surface area (Å²) < 4.78 is 0. The minimum absolute atomic E-state index is 0.0976. The van der Waals surface area contributed by atoms with Gasteiger partial charge < -0.3 is 15.3 Å². The van der Waals surface area contributed by atoms with Gasteiger partial charge >= 0.3 is 12.0 Å². The Morgan fingerprint density at radius 2 is 1.87 bits per heavy atom. The number of carboxylic acids is 1. The summed E-state index contributed by atoms with van der Waals surface area (Å²) in [6.07, 6.45) is 0. The van der Waals surface area contributed by atoms with Crippen molar-refractivity contribution in [1.82, 2.24) is 10.2 Å². The van der Waals surface area contributed by atoms with Crippen LogP contribution in [0.2, 0.25) is 0 Å². The molecule has 1 unspecified atom stereocenters. The molecule has 1 aliphatic heterocycles. The van der Waals surface area contributed by atoms with E-state index in [0.717, 1.165) is 0 Å². The van der Waals surface area contributed by atoms with E-state index in [-0.39, 0.29) is 23.9 Å². The van der Waals surface area contributed by atoms with Crippen LogP contribution in [0.4, 0.5) is 4.79 Å². The summed E-state index contributed by atoms with van der Waals surface area (Å²) >= 11 is 0. The molecule has 1 heterocycles. The van der Waals surface area contributed by atoms with Gasteiger partial charge in [-0.3, -0.25) is 4.79 Å². The molecular formula is C10H18N2O3. The Kier molecular flexibility index (Phi) is 3.55. The van der Waals surface area contributed by atoms with Crippen molar-refractivity contribution in [2.75, 3.05) is 13.1 Å². The van der Waals surface area contributed by atoms with Crippen LogP contribution in [0.15, 0.2) is 0 Å². The van der Waals surface area contributed by atoms with Crippen LogP contribution < -0.4 is 5.32 Å². The van der Waals surface area contributed by atoms with E-state index in [0.29, 0.717) is 13.1 Å². The fourth-order valence-electron chi connectivity index (χ4n) is 1.53. The zero-order valence-electron chi connectivity index (χ0n) is 9.36. The molecule has 0 aromatic rings. The minimum Gasteiger partial charge on any atom is -0.481 e. The highest BCUT2D eigenvalue weighted by molar-refractivity contribution is 5.76. The summed E-state index contributed by atoms with van der Waals surface area (Å²) in [5.41, 5.74) is 0. The van der Waals surface area contributed by atoms with E-state index < -0.39 is 5.97 Å². The normalized spacial score (nSPS) is 18.5. The standard InChI is InChI=1S/C10H18N2O3/c1-6(2)11-10(15)12-4-8(5-12)7(3)9(13)14/h6-8H,4-5H2,1-3H3,(H,11,15)(H,13,14). The van der Waals surface area contributed by atoms with Crippen LogP contribution in [-0.2, 0) is 4.79 Å². The highest BCUT2D eigenvalue weighted by Crippen LogP contribution is 2.23. The summed E-state index contributed by atoms with van der Waals surface area (Å²) in [7, 11) is 0. The van der Waals surface area contributed by atoms with Crippen LogP contribution in [0.1, 0.15) is 20.8 Å². The second-order valence-electron chi connectivity index (χ2n) is 4.40. The Bertz CT molecular complexity index is 259. The molecule has 0 bridgehead atoms. The van der Waals surface area contributed by atoms with Crippen LogP contribution in [0, 0.1) is 11.8 Å². The molecular weight excluding hydrogens is 196 g/mol. The maximum atomic E-state index is 11.4. The zero-order chi connectivity index (χ0) is 11.6. The number of carbonyl (C=O) groups is 2. The Morgan fingerprint density at radius 1 is 1.33 bits per heavy atom. The fourth-order valence-corrected chi connectivity index (χ4v) is 1.53. The number of amides is 2. The number of likely N-dealkylation sites (tertiary alicyclic amines) is 1. The molecule has 1 saturated heterocycles. The first-order valence-electron chi connectivity index (χ1n) is 5.20. The van der Waals surface area contributed by atoms with Crippen LogP contribution >= 0.6 is 0 Å². The lowest BCUT2D eigenvalue weighted by Gasteiger charge is -2.41. The Balaban J connectivity index is 2.31. The zero-order valence-corrected chi connectivity index (χ0v) is 9.36. The van der Waals surface area contributed by atoms with Crippen molar-refractivity contribution >= 4 is 12.0 Å². The van der Waals surface area contributed by atoms with E-state index in [4.69, 9.17) is 5.11 Å². The second-order valence-corrected chi connectivity index (χ2v) is 4.40. The number of hydrogen-bond acceptors (Lipinski definition) is 2. The lowest BCUT2D eigenvalue weighted by Crippen LogP contribution is -2.57. The molecule has 86 valence electrons. The average Bonchev–Trinajstić information content (AvgIpc) is 1.99. The molecule has 1 fully saturated rings. The van der Waals surface area contributed by atoms with Crippen molar-refractivity contribution in [3.63, 3.8) is 0 Å². The molecule has 0 aromatic heterocycles. The molecule has 1 aliphatic rings. The van der Waals surface area contributed by atoms with E-state index in [9.17, 15) is 9.59 Å². The summed E-state index contributed by atoms with van der Waals surface area (Å²) in [5, 5.41) is 11.5. The van der Waals surface area contributed by atoms with Crippen LogP contribution in [-0.4, -0.2) is 41.1 Å². The molecule has 2 amide bonds. The van der Waals surface area contributed by atoms with Crippen molar-refractivity contribution in [3.8, 4) is 0 Å². The SMILES string of the molecule is CC(C)NC(=O)N1CC(C(C)C(=O)O)C1. The molecule has 0 radical (unpaired) electrons. The molecule has 1 rings (SSSR count). The number of urea groups is 1. The molecule has 15 heavy (non-hydrogen) atoms. The maximum absolute atomic E-state index is 11.4. The van der Waals surface area contributed by atoms with Crippen LogP contribution in [0.25, 0.3) is 0 Å². The van der Waals surface area contributed by atoms with Crippen LogP contribution in [0.3, 0.4) is 0 Å². The van der Waals surface area contributed by atoms with Gasteiger partial charge in [-0.15, -0.1) is 0 Å². The van der Waals surface area contributed by atoms with Crippen molar-refractivity contribution in [3.05, 3.63) is 0 Å². The highest BCUT2D eigenvalue weighted by Gasteiger charge is 2.37. The van der Waals surface area contributed by atoms with Gasteiger partial charge in [-0.25, -0.2) is 4.79 Å². The summed E-state index contributed by atoms with van der Waals surface area (Å²) in [6.45, 7) is 6.58. The third kappa shape index (κ3) is 2.84. The number of aliphatic carboxylic acids is 1. The third-order valence-electron chi connectivity index (χ3n) is 2.71. The van der Waals surface area contributed by atoms with Gasteiger partial charge in [0.05, 0.1) is 5.92 Å². The second kappa shape index (κ2) is 4.51. The quantitative estimate of drug-likeness (QED) is 0.728. The number of hydrogen-bond donors (Lipinski definition) is 2. The van der Waals surface area contributed by atoms with Crippen molar-refractivity contribution in [2.24, 2.45) is 11.8 Å². The van der Waals surface area contributed by atoms with E-state index in [1.165, 1.54) is 0 Å². The maximum Gasteiger partial charge on any atom is 0.317 e. The predicted octanol–water partition coefficient (Wildman–Crippen LogP) is 0.757. The van der Waals surface area contributed by atoms with Gasteiger partial charge in [0.25, 0.3) is 0 Å². The lowest BCUT2D eigenvalue weighted by molar-refractivity contribution is -0.144. The smallest absolute Gasteiger partial charge is 0.317 e. The van der Waals surface area contributed by atoms with Gasteiger partial charge in [0.15, 0.2) is 0 Å². The first-order chi connectivity index (χ1) is 6.91. The van der Waals surface area contributed by atoms with Gasteiger partial charge in [0.2, 0.25) is 0 Å². The minimum atomic E-state index is -0.788. The van der Waals surface area contributed by atoms with Crippen molar-refractivity contribution < 1.29 is 14.7 Å². The highest BCUT2D eigenvalue weighted by atomic mass is 16.4. The molecule has 1 atom stereocenters. The van der Waals surface area contributed by atoms with E-state index in [1.54, 1.807) is 11.8 Å². The first-order valence-corrected chi connectivity index (χ1v) is 5.20. The van der Waals surface area contributed by atoms with E-state index in [1.807, 2.05) is 13.8 Å². The Hall–Kier alpha value is -1.26. The Morgan fingerprint density at radius 3 is 2.27 bits per heavy atom. The van der Waals surface area contributed by atoms with Crippen molar-refractivity contribution in [1.29, 1.82) is 0 Å². The molecule has 5 heteroatoms. The van der Waals surface area contributed by atoms with Gasteiger partial charge in [-0.2, -0.15) is 0 Å². The summed E-state index contributed by atoms with van der Waals surface area (Å²) in [6, 6.07) is 0.0206. The largest absolute Gasteiger partial charge is 0.481 e. The molecule has 0 aliphatic carbocycles. The molecule has 0 saturated carbocycles. The van der Waals surface area contributed by atoms with Gasteiger partial charge in [-0.05, 0) is 13.8 Å². The van der Waals surface area contributed by atoms with E-state index >= 15 is 0 Å². The lowest BCUT2D eigenvalue weighted by atomic mass is 9.87. The number of carboxylic acid groups (broad SMARTS) is 1. The van der Waals surface area contributed by atoms with Crippen molar-refractivity contribution in [2.45, 2.75) is 26.8 Å². The molecule has 0 spiro atoms. The topological polar surface area (TPSA) is 69.6 Å². The molecule has 5 nitrogen and oxygen atoms in total. The predicted molar refractivity (Wildman–Crippen MR) is 55.5 cm³/mol. The summed E-state index contributed by atoms with van der Waals surface area (Å²) in [5.74, 6) is -1.06. The summed E-state index contributed by atoms with van der Waals surface area (Å²) in [4.78, 5) is 23.8. The first kappa shape index (κ1) is 11.8. The number of nitrogens with zero attached hydrogens (tertiary/aromatic N) is 1. The third-order valence-corrected chi connectivity index (χ3v) is 2.71. The number of rotatable bonds is 3. The fraction of sp³-hybridized carbons (Fsp3) is 0.800. The number of nitrogens with one attached hydrogen (secondary N) is 1. The monoisotopic (exact) mass is 214 g/mol. The van der Waals surface area contributed by atoms with Gasteiger partial charge in [0, 0.05) is 25.0 Å². The van der Waals surface area contributed by atoms with Crippen LogP contribution in [0.5, 0.6) is 0 Å². The van der Waals surface area contributed by atoms with E-state index in [2.05, 4.69) is 5.32 Å². The van der Waals surface area contributed by atoms with Gasteiger partial charge in [-0.1, -0.05) is 6.92 Å². The number of carbonyl (C=O) groups excluding carboxylic acids is 1. The average molecular weight is 214 g/mol.